The minimum absolute atomic E-state index is 0.154. The Kier molecular flexibility index (Phi) is 5.61. The molecule has 1 atom stereocenters. The fourth-order valence-electron chi connectivity index (χ4n) is 2.36. The SMILES string of the molecule is COc1ccc(/C=C/C(=O)O[C@@H](C)C(=O)Nc2ccc3c(c2)OCO3)cc1. The molecule has 7 nitrogen and oxygen atoms in total. The predicted octanol–water partition coefficient (Wildman–Crippen LogP) is 3.01. The van der Waals surface area contributed by atoms with Crippen LogP contribution in [0.3, 0.4) is 0 Å². The third-order valence-corrected chi connectivity index (χ3v) is 3.83. The molecule has 1 amide bonds. The molecule has 27 heavy (non-hydrogen) atoms. The summed E-state index contributed by atoms with van der Waals surface area (Å²) in [5.41, 5.74) is 1.34. The van der Waals surface area contributed by atoms with E-state index < -0.39 is 18.0 Å². The van der Waals surface area contributed by atoms with Crippen molar-refractivity contribution in [1.29, 1.82) is 0 Å². The lowest BCUT2D eigenvalue weighted by atomic mass is 10.2. The normalized spacial score (nSPS) is 13.3. The van der Waals surface area contributed by atoms with Crippen molar-refractivity contribution in [3.05, 3.63) is 54.1 Å². The molecule has 3 rings (SSSR count). The number of ether oxygens (including phenoxy) is 4. The summed E-state index contributed by atoms with van der Waals surface area (Å²) in [5, 5.41) is 2.67. The maximum Gasteiger partial charge on any atom is 0.331 e. The van der Waals surface area contributed by atoms with Crippen LogP contribution in [-0.4, -0.2) is 31.9 Å². The van der Waals surface area contributed by atoms with Crippen LogP contribution < -0.4 is 19.5 Å². The van der Waals surface area contributed by atoms with Crippen molar-refractivity contribution in [2.45, 2.75) is 13.0 Å². The van der Waals surface area contributed by atoms with E-state index in [2.05, 4.69) is 5.32 Å². The first-order chi connectivity index (χ1) is 13.0. The van der Waals surface area contributed by atoms with Gasteiger partial charge in [-0.05, 0) is 42.8 Å². The van der Waals surface area contributed by atoms with Gasteiger partial charge in [0.1, 0.15) is 5.75 Å². The Morgan fingerprint density at radius 1 is 1.11 bits per heavy atom. The highest BCUT2D eigenvalue weighted by molar-refractivity contribution is 5.96. The molecule has 2 aromatic carbocycles. The molecule has 0 aromatic heterocycles. The average molecular weight is 369 g/mol. The van der Waals surface area contributed by atoms with E-state index in [-0.39, 0.29) is 6.79 Å². The third-order valence-electron chi connectivity index (χ3n) is 3.83. The summed E-state index contributed by atoms with van der Waals surface area (Å²) in [7, 11) is 1.58. The number of carbonyl (C=O) groups is 2. The van der Waals surface area contributed by atoms with Gasteiger partial charge in [-0.15, -0.1) is 0 Å². The highest BCUT2D eigenvalue weighted by atomic mass is 16.7. The molecule has 0 saturated heterocycles. The number of carbonyl (C=O) groups excluding carboxylic acids is 2. The number of hydrogen-bond acceptors (Lipinski definition) is 6. The Labute approximate surface area is 156 Å². The first-order valence-electron chi connectivity index (χ1n) is 8.28. The number of hydrogen-bond donors (Lipinski definition) is 1. The number of fused-ring (bicyclic) bond motifs is 1. The molecule has 2 aromatic rings. The fraction of sp³-hybridized carbons (Fsp3) is 0.200. The van der Waals surface area contributed by atoms with Crippen LogP contribution >= 0.6 is 0 Å². The second kappa shape index (κ2) is 8.27. The van der Waals surface area contributed by atoms with Crippen molar-refractivity contribution < 1.29 is 28.5 Å². The second-order valence-corrected chi connectivity index (χ2v) is 5.74. The van der Waals surface area contributed by atoms with Gasteiger partial charge in [-0.2, -0.15) is 0 Å². The molecule has 1 N–H and O–H groups in total. The smallest absolute Gasteiger partial charge is 0.331 e. The highest BCUT2D eigenvalue weighted by Gasteiger charge is 2.19. The van der Waals surface area contributed by atoms with Gasteiger partial charge >= 0.3 is 5.97 Å². The quantitative estimate of drug-likeness (QED) is 0.623. The molecule has 1 aliphatic rings. The standard InChI is InChI=1S/C20H19NO6/c1-13(20(23)21-15-6-9-17-18(11-15)26-12-25-17)27-19(22)10-5-14-3-7-16(24-2)8-4-14/h3-11,13H,12H2,1-2H3,(H,21,23)/b10-5+/t13-/m0/s1. The van der Waals surface area contributed by atoms with Gasteiger partial charge < -0.3 is 24.3 Å². The first-order valence-corrected chi connectivity index (χ1v) is 8.28. The summed E-state index contributed by atoms with van der Waals surface area (Å²) < 4.78 is 20.7. The molecular formula is C20H19NO6. The zero-order chi connectivity index (χ0) is 19.2. The van der Waals surface area contributed by atoms with E-state index in [9.17, 15) is 9.59 Å². The maximum atomic E-state index is 12.2. The summed E-state index contributed by atoms with van der Waals surface area (Å²) in [5.74, 6) is 0.846. The van der Waals surface area contributed by atoms with Crippen molar-refractivity contribution >= 4 is 23.6 Å². The van der Waals surface area contributed by atoms with E-state index in [1.54, 1.807) is 55.7 Å². The summed E-state index contributed by atoms with van der Waals surface area (Å²) in [4.78, 5) is 24.1. The Balaban J connectivity index is 1.52. The van der Waals surface area contributed by atoms with Crippen molar-refractivity contribution in [3.8, 4) is 17.2 Å². The number of methoxy groups -OCH3 is 1. The molecule has 0 spiro atoms. The summed E-state index contributed by atoms with van der Waals surface area (Å²) >= 11 is 0. The minimum Gasteiger partial charge on any atom is -0.497 e. The van der Waals surface area contributed by atoms with Crippen LogP contribution in [0.5, 0.6) is 17.2 Å². The van der Waals surface area contributed by atoms with Crippen LogP contribution in [0.1, 0.15) is 12.5 Å². The van der Waals surface area contributed by atoms with Crippen molar-refractivity contribution in [1.82, 2.24) is 0 Å². The van der Waals surface area contributed by atoms with E-state index >= 15 is 0 Å². The van der Waals surface area contributed by atoms with Crippen LogP contribution in [0.4, 0.5) is 5.69 Å². The van der Waals surface area contributed by atoms with Crippen LogP contribution in [0.25, 0.3) is 6.08 Å². The van der Waals surface area contributed by atoms with Crippen molar-refractivity contribution in [2.75, 3.05) is 19.2 Å². The molecule has 0 saturated carbocycles. The molecule has 0 radical (unpaired) electrons. The number of anilines is 1. The Bertz CT molecular complexity index is 859. The second-order valence-electron chi connectivity index (χ2n) is 5.74. The molecule has 1 heterocycles. The number of rotatable bonds is 6. The Morgan fingerprint density at radius 2 is 1.85 bits per heavy atom. The lowest BCUT2D eigenvalue weighted by Gasteiger charge is -2.12. The van der Waals surface area contributed by atoms with Gasteiger partial charge in [0.05, 0.1) is 7.11 Å². The summed E-state index contributed by atoms with van der Waals surface area (Å²) in [6, 6.07) is 12.2. The molecule has 0 fully saturated rings. The monoisotopic (exact) mass is 369 g/mol. The van der Waals surface area contributed by atoms with Crippen molar-refractivity contribution in [2.24, 2.45) is 0 Å². The zero-order valence-electron chi connectivity index (χ0n) is 14.9. The maximum absolute atomic E-state index is 12.2. The average Bonchev–Trinajstić information content (AvgIpc) is 3.14. The molecule has 1 aliphatic heterocycles. The van der Waals surface area contributed by atoms with Gasteiger partial charge in [0.15, 0.2) is 17.6 Å². The molecule has 7 heteroatoms. The zero-order valence-corrected chi connectivity index (χ0v) is 14.9. The predicted molar refractivity (Wildman–Crippen MR) is 98.8 cm³/mol. The Morgan fingerprint density at radius 3 is 2.59 bits per heavy atom. The van der Waals surface area contributed by atoms with Gasteiger partial charge in [0, 0.05) is 17.8 Å². The van der Waals surface area contributed by atoms with E-state index in [1.807, 2.05) is 0 Å². The van der Waals surface area contributed by atoms with Crippen molar-refractivity contribution in [3.63, 3.8) is 0 Å². The van der Waals surface area contributed by atoms with Gasteiger partial charge in [0.25, 0.3) is 5.91 Å². The first kappa shape index (κ1) is 18.3. The summed E-state index contributed by atoms with van der Waals surface area (Å²) in [6.07, 6.45) is 1.92. The molecule has 0 aliphatic carbocycles. The van der Waals surface area contributed by atoms with Gasteiger partial charge in [-0.25, -0.2) is 4.79 Å². The lowest BCUT2D eigenvalue weighted by molar-refractivity contribution is -0.148. The lowest BCUT2D eigenvalue weighted by Crippen LogP contribution is -2.29. The number of esters is 1. The van der Waals surface area contributed by atoms with Gasteiger partial charge in [-0.1, -0.05) is 12.1 Å². The van der Waals surface area contributed by atoms with Gasteiger partial charge in [0.2, 0.25) is 6.79 Å². The van der Waals surface area contributed by atoms with E-state index in [4.69, 9.17) is 18.9 Å². The number of amides is 1. The van der Waals surface area contributed by atoms with Crippen LogP contribution in [0, 0.1) is 0 Å². The van der Waals surface area contributed by atoms with E-state index in [1.165, 1.54) is 13.0 Å². The Hall–Kier alpha value is -3.48. The topological polar surface area (TPSA) is 83.1 Å². The van der Waals surface area contributed by atoms with E-state index in [0.717, 1.165) is 11.3 Å². The third kappa shape index (κ3) is 4.78. The minimum atomic E-state index is -0.955. The van der Waals surface area contributed by atoms with Crippen LogP contribution in [0.15, 0.2) is 48.5 Å². The number of benzene rings is 2. The molecule has 140 valence electrons. The number of nitrogens with one attached hydrogen (secondary N) is 1. The molecule has 0 bridgehead atoms. The largest absolute Gasteiger partial charge is 0.497 e. The van der Waals surface area contributed by atoms with E-state index in [0.29, 0.717) is 17.2 Å². The fourth-order valence-corrected chi connectivity index (χ4v) is 2.36. The molecule has 0 unspecified atom stereocenters. The van der Waals surface area contributed by atoms with Crippen LogP contribution in [-0.2, 0) is 14.3 Å². The highest BCUT2D eigenvalue weighted by Crippen LogP contribution is 2.34. The van der Waals surface area contributed by atoms with Crippen LogP contribution in [0.2, 0.25) is 0 Å². The molecular weight excluding hydrogens is 350 g/mol. The summed E-state index contributed by atoms with van der Waals surface area (Å²) in [6.45, 7) is 1.66. The van der Waals surface area contributed by atoms with Gasteiger partial charge in [-0.3, -0.25) is 4.79 Å².